The predicted molar refractivity (Wildman–Crippen MR) is 89.2 cm³/mol. The number of ether oxygens (including phenoxy) is 1. The van der Waals surface area contributed by atoms with Gasteiger partial charge in [0.25, 0.3) is 0 Å². The molecular formula is C17H18BrClO. The lowest BCUT2D eigenvalue weighted by molar-refractivity contribution is 0.242. The molecule has 0 aromatic heterocycles. The average molecular weight is 354 g/mol. The molecule has 0 aliphatic carbocycles. The molecule has 0 aliphatic rings. The van der Waals surface area contributed by atoms with Crippen LogP contribution in [0.25, 0.3) is 0 Å². The molecule has 2 rings (SSSR count). The highest BCUT2D eigenvalue weighted by Crippen LogP contribution is 2.33. The summed E-state index contributed by atoms with van der Waals surface area (Å²) in [6.45, 7) is 6.10. The number of rotatable bonds is 4. The number of aryl methyl sites for hydroxylation is 1. The maximum absolute atomic E-state index is 6.12. The zero-order valence-corrected chi connectivity index (χ0v) is 14.2. The average Bonchev–Trinajstić information content (AvgIpc) is 2.37. The normalized spacial score (nSPS) is 12.5. The molecule has 1 atom stereocenters. The number of alkyl halides is 1. The van der Waals surface area contributed by atoms with Gasteiger partial charge in [-0.1, -0.05) is 45.7 Å². The zero-order valence-electron chi connectivity index (χ0n) is 11.9. The molecule has 1 unspecified atom stereocenters. The lowest BCUT2D eigenvalue weighted by Crippen LogP contribution is -2.05. The van der Waals surface area contributed by atoms with Crippen LogP contribution in [0, 0.1) is 6.92 Å². The Balaban J connectivity index is 2.22. The Labute approximate surface area is 134 Å². The lowest BCUT2D eigenvalue weighted by atomic mass is 10.0. The van der Waals surface area contributed by atoms with E-state index in [4.69, 9.17) is 16.3 Å². The highest BCUT2D eigenvalue weighted by atomic mass is 79.9. The second-order valence-electron chi connectivity index (χ2n) is 5.16. The first kappa shape index (κ1) is 15.4. The fourth-order valence-electron chi connectivity index (χ4n) is 2.09. The van der Waals surface area contributed by atoms with Crippen LogP contribution in [-0.2, 0) is 0 Å². The van der Waals surface area contributed by atoms with Crippen molar-refractivity contribution >= 4 is 27.5 Å². The Bertz CT molecular complexity index is 558. The van der Waals surface area contributed by atoms with Crippen molar-refractivity contribution in [2.24, 2.45) is 0 Å². The third-order valence-electron chi connectivity index (χ3n) is 2.90. The first-order valence-electron chi connectivity index (χ1n) is 6.63. The van der Waals surface area contributed by atoms with E-state index in [1.807, 2.05) is 38.1 Å². The van der Waals surface area contributed by atoms with Gasteiger partial charge in [-0.2, -0.15) is 0 Å². The van der Waals surface area contributed by atoms with Crippen molar-refractivity contribution in [3.63, 3.8) is 0 Å². The van der Waals surface area contributed by atoms with Gasteiger partial charge in [0, 0.05) is 5.02 Å². The molecule has 20 heavy (non-hydrogen) atoms. The van der Waals surface area contributed by atoms with E-state index in [1.165, 1.54) is 5.56 Å². The van der Waals surface area contributed by atoms with Crippen molar-refractivity contribution in [2.75, 3.05) is 0 Å². The van der Waals surface area contributed by atoms with Gasteiger partial charge in [-0.15, -0.1) is 0 Å². The molecule has 106 valence electrons. The van der Waals surface area contributed by atoms with Gasteiger partial charge in [-0.3, -0.25) is 0 Å². The van der Waals surface area contributed by atoms with Crippen LogP contribution in [0.2, 0.25) is 5.02 Å². The predicted octanol–water partition coefficient (Wildman–Crippen LogP) is 5.92. The standard InChI is InChI=1S/C17H18BrClO/c1-11(2)20-16-6-4-13(5-7-16)17(18)14-8-12(3)9-15(19)10-14/h4-11,17H,1-3H3. The molecule has 0 radical (unpaired) electrons. The first-order chi connectivity index (χ1) is 9.45. The molecule has 2 aromatic carbocycles. The number of benzene rings is 2. The monoisotopic (exact) mass is 352 g/mol. The van der Waals surface area contributed by atoms with Gasteiger partial charge in [-0.25, -0.2) is 0 Å². The molecule has 0 N–H and O–H groups in total. The second kappa shape index (κ2) is 6.64. The quantitative estimate of drug-likeness (QED) is 0.620. The van der Waals surface area contributed by atoms with Crippen molar-refractivity contribution in [2.45, 2.75) is 31.7 Å². The van der Waals surface area contributed by atoms with Crippen molar-refractivity contribution in [3.8, 4) is 5.75 Å². The van der Waals surface area contributed by atoms with E-state index >= 15 is 0 Å². The largest absolute Gasteiger partial charge is 0.491 e. The Morgan fingerprint density at radius 1 is 1.00 bits per heavy atom. The van der Waals surface area contributed by atoms with Crippen LogP contribution in [-0.4, -0.2) is 6.10 Å². The molecular weight excluding hydrogens is 336 g/mol. The highest BCUT2D eigenvalue weighted by Gasteiger charge is 2.11. The third kappa shape index (κ3) is 4.00. The summed E-state index contributed by atoms with van der Waals surface area (Å²) in [7, 11) is 0. The van der Waals surface area contributed by atoms with E-state index in [2.05, 4.69) is 41.1 Å². The fourth-order valence-corrected chi connectivity index (χ4v) is 2.96. The van der Waals surface area contributed by atoms with Crippen molar-refractivity contribution < 1.29 is 4.74 Å². The Kier molecular flexibility index (Phi) is 5.11. The van der Waals surface area contributed by atoms with Gasteiger partial charge in [-0.05, 0) is 61.7 Å². The SMILES string of the molecule is Cc1cc(Cl)cc(C(Br)c2ccc(OC(C)C)cc2)c1. The summed E-state index contributed by atoms with van der Waals surface area (Å²) in [6, 6.07) is 14.3. The molecule has 0 aliphatic heterocycles. The van der Waals surface area contributed by atoms with Crippen LogP contribution in [0.4, 0.5) is 0 Å². The highest BCUT2D eigenvalue weighted by molar-refractivity contribution is 9.09. The van der Waals surface area contributed by atoms with E-state index in [-0.39, 0.29) is 10.9 Å². The van der Waals surface area contributed by atoms with Crippen LogP contribution in [0.5, 0.6) is 5.75 Å². The minimum atomic E-state index is 0.132. The van der Waals surface area contributed by atoms with Gasteiger partial charge in [0.1, 0.15) is 5.75 Å². The van der Waals surface area contributed by atoms with Gasteiger partial charge in [0.05, 0.1) is 10.9 Å². The van der Waals surface area contributed by atoms with Crippen molar-refractivity contribution in [1.29, 1.82) is 0 Å². The van der Waals surface area contributed by atoms with Gasteiger partial charge < -0.3 is 4.74 Å². The maximum Gasteiger partial charge on any atom is 0.119 e. The van der Waals surface area contributed by atoms with Crippen LogP contribution in [0.15, 0.2) is 42.5 Å². The van der Waals surface area contributed by atoms with E-state index in [9.17, 15) is 0 Å². The molecule has 0 spiro atoms. The number of halogens is 2. The summed E-state index contributed by atoms with van der Waals surface area (Å²) in [5.41, 5.74) is 3.51. The van der Waals surface area contributed by atoms with Gasteiger partial charge in [0.2, 0.25) is 0 Å². The summed E-state index contributed by atoms with van der Waals surface area (Å²) in [4.78, 5) is 0.132. The molecule has 1 nitrogen and oxygen atoms in total. The van der Waals surface area contributed by atoms with Gasteiger partial charge >= 0.3 is 0 Å². The summed E-state index contributed by atoms with van der Waals surface area (Å²) < 4.78 is 5.66. The summed E-state index contributed by atoms with van der Waals surface area (Å²) >= 11 is 9.86. The smallest absolute Gasteiger partial charge is 0.119 e. The zero-order chi connectivity index (χ0) is 14.7. The molecule has 3 heteroatoms. The molecule has 0 saturated heterocycles. The Hall–Kier alpha value is -0.990. The summed E-state index contributed by atoms with van der Waals surface area (Å²) in [6.07, 6.45) is 0.191. The first-order valence-corrected chi connectivity index (χ1v) is 7.93. The van der Waals surface area contributed by atoms with Gasteiger partial charge in [0.15, 0.2) is 0 Å². The molecule has 2 aromatic rings. The van der Waals surface area contributed by atoms with E-state index in [0.717, 1.165) is 21.9 Å². The Morgan fingerprint density at radius 2 is 1.65 bits per heavy atom. The van der Waals surface area contributed by atoms with Crippen LogP contribution in [0.3, 0.4) is 0 Å². The summed E-state index contributed by atoms with van der Waals surface area (Å²) in [5.74, 6) is 0.894. The minimum Gasteiger partial charge on any atom is -0.491 e. The topological polar surface area (TPSA) is 9.23 Å². The number of hydrogen-bond donors (Lipinski definition) is 0. The number of hydrogen-bond acceptors (Lipinski definition) is 1. The summed E-state index contributed by atoms with van der Waals surface area (Å²) in [5, 5.41) is 0.768. The fraction of sp³-hybridized carbons (Fsp3) is 0.294. The van der Waals surface area contributed by atoms with Crippen LogP contribution < -0.4 is 4.74 Å². The molecule has 0 saturated carbocycles. The lowest BCUT2D eigenvalue weighted by Gasteiger charge is -2.14. The minimum absolute atomic E-state index is 0.132. The second-order valence-corrected chi connectivity index (χ2v) is 6.51. The van der Waals surface area contributed by atoms with Crippen LogP contribution in [0.1, 0.15) is 35.4 Å². The van der Waals surface area contributed by atoms with E-state index in [1.54, 1.807) is 0 Å². The Morgan fingerprint density at radius 3 is 2.20 bits per heavy atom. The third-order valence-corrected chi connectivity index (χ3v) is 4.18. The molecule has 0 amide bonds. The van der Waals surface area contributed by atoms with E-state index in [0.29, 0.717) is 0 Å². The molecule has 0 bridgehead atoms. The molecule has 0 fully saturated rings. The maximum atomic E-state index is 6.12. The van der Waals surface area contributed by atoms with Crippen molar-refractivity contribution in [1.82, 2.24) is 0 Å². The van der Waals surface area contributed by atoms with Crippen LogP contribution >= 0.6 is 27.5 Å². The van der Waals surface area contributed by atoms with E-state index < -0.39 is 0 Å². The van der Waals surface area contributed by atoms with Crippen molar-refractivity contribution in [3.05, 3.63) is 64.2 Å². The molecule has 0 heterocycles.